The Balaban J connectivity index is 2.00. The Bertz CT molecular complexity index is 907. The van der Waals surface area contributed by atoms with Crippen molar-refractivity contribution in [3.05, 3.63) is 70.5 Å². The Morgan fingerprint density at radius 2 is 2.00 bits per heavy atom. The zero-order valence-corrected chi connectivity index (χ0v) is 13.2. The highest BCUT2D eigenvalue weighted by molar-refractivity contribution is 6.31. The van der Waals surface area contributed by atoms with E-state index in [0.717, 1.165) is 22.4 Å². The van der Waals surface area contributed by atoms with E-state index in [2.05, 4.69) is 23.3 Å². The van der Waals surface area contributed by atoms with Crippen LogP contribution in [0.2, 0.25) is 5.15 Å². The number of nitrogens with zero attached hydrogens (tertiary/aromatic N) is 2. The van der Waals surface area contributed by atoms with Crippen LogP contribution in [-0.4, -0.2) is 15.7 Å². The number of fused-ring (bicyclic) bond motifs is 1. The van der Waals surface area contributed by atoms with Crippen LogP contribution in [0.15, 0.2) is 48.5 Å². The molecule has 0 N–H and O–H groups in total. The number of carbonyl (C=O) groups is 1. The minimum absolute atomic E-state index is 0.410. The van der Waals surface area contributed by atoms with E-state index in [9.17, 15) is 9.90 Å². The molecule has 0 aliphatic heterocycles. The van der Waals surface area contributed by atoms with Gasteiger partial charge in [0.1, 0.15) is 5.15 Å². The largest absolute Gasteiger partial charge is 0.545 e. The second-order valence-electron chi connectivity index (χ2n) is 5.24. The summed E-state index contributed by atoms with van der Waals surface area (Å²) < 4.78 is 1.67. The Hall–Kier alpha value is -2.59. The Kier molecular flexibility index (Phi) is 4.17. The Labute approximate surface area is 138 Å². The molecule has 0 saturated heterocycles. The zero-order chi connectivity index (χ0) is 16.4. The molecule has 0 saturated carbocycles. The van der Waals surface area contributed by atoms with Crippen molar-refractivity contribution in [2.75, 3.05) is 0 Å². The number of hydrogen-bond acceptors (Lipinski definition) is 3. The molecule has 0 fully saturated rings. The molecule has 3 aromatic rings. The molecule has 0 spiro atoms. The zero-order valence-electron chi connectivity index (χ0n) is 12.5. The standard InChI is InChI=1S/C18H15ClN2O2/c1-12-15(9-10-17(22)23)18(19)21(20-12)11-14-7-4-6-13-5-2-3-8-16(13)14/h2-10H,11H2,1H3,(H,22,23)/p-1/b10-9+. The average Bonchev–Trinajstić information content (AvgIpc) is 2.79. The normalized spacial score (nSPS) is 11.4. The van der Waals surface area contributed by atoms with Crippen molar-refractivity contribution < 1.29 is 9.90 Å². The molecule has 3 rings (SSSR count). The lowest BCUT2D eigenvalue weighted by molar-refractivity contribution is -0.297. The molecule has 116 valence electrons. The van der Waals surface area contributed by atoms with Crippen molar-refractivity contribution in [1.82, 2.24) is 9.78 Å². The van der Waals surface area contributed by atoms with Crippen LogP contribution in [0, 0.1) is 6.92 Å². The van der Waals surface area contributed by atoms with Gasteiger partial charge in [0.15, 0.2) is 0 Å². The summed E-state index contributed by atoms with van der Waals surface area (Å²) in [5, 5.41) is 17.7. The van der Waals surface area contributed by atoms with Gasteiger partial charge in [-0.15, -0.1) is 0 Å². The first kappa shape index (κ1) is 15.3. The SMILES string of the molecule is Cc1nn(Cc2cccc3ccccc23)c(Cl)c1/C=C/C(=O)[O-]. The summed E-state index contributed by atoms with van der Waals surface area (Å²) in [5.41, 5.74) is 2.37. The molecule has 0 amide bonds. The molecule has 1 aromatic heterocycles. The van der Waals surface area contributed by atoms with E-state index in [1.54, 1.807) is 11.6 Å². The molecule has 0 aliphatic rings. The van der Waals surface area contributed by atoms with Gasteiger partial charge < -0.3 is 9.90 Å². The van der Waals surface area contributed by atoms with Crippen molar-refractivity contribution in [3.63, 3.8) is 0 Å². The highest BCUT2D eigenvalue weighted by atomic mass is 35.5. The summed E-state index contributed by atoms with van der Waals surface area (Å²) in [6, 6.07) is 14.2. The average molecular weight is 326 g/mol. The van der Waals surface area contributed by atoms with Crippen molar-refractivity contribution in [1.29, 1.82) is 0 Å². The van der Waals surface area contributed by atoms with Crippen LogP contribution in [0.1, 0.15) is 16.8 Å². The number of carboxylic acids is 1. The van der Waals surface area contributed by atoms with Crippen LogP contribution in [0.5, 0.6) is 0 Å². The third-order valence-electron chi connectivity index (χ3n) is 3.70. The lowest BCUT2D eigenvalue weighted by atomic mass is 10.0. The first-order valence-electron chi connectivity index (χ1n) is 7.15. The number of carboxylic acid groups (broad SMARTS) is 1. The molecule has 0 radical (unpaired) electrons. The van der Waals surface area contributed by atoms with Gasteiger partial charge >= 0.3 is 0 Å². The first-order chi connectivity index (χ1) is 11.1. The topological polar surface area (TPSA) is 58.0 Å². The van der Waals surface area contributed by atoms with E-state index in [1.807, 2.05) is 24.3 Å². The van der Waals surface area contributed by atoms with Gasteiger partial charge in [0, 0.05) is 5.56 Å². The van der Waals surface area contributed by atoms with Crippen LogP contribution in [-0.2, 0) is 11.3 Å². The summed E-state index contributed by atoms with van der Waals surface area (Å²) in [7, 11) is 0. The third-order valence-corrected chi connectivity index (χ3v) is 4.09. The van der Waals surface area contributed by atoms with Gasteiger partial charge in [0.05, 0.1) is 18.2 Å². The number of aryl methyl sites for hydroxylation is 1. The lowest BCUT2D eigenvalue weighted by Crippen LogP contribution is -2.18. The van der Waals surface area contributed by atoms with E-state index in [1.165, 1.54) is 6.08 Å². The van der Waals surface area contributed by atoms with Crippen LogP contribution >= 0.6 is 11.6 Å². The van der Waals surface area contributed by atoms with Gasteiger partial charge in [-0.3, -0.25) is 0 Å². The van der Waals surface area contributed by atoms with Gasteiger partial charge in [-0.1, -0.05) is 54.1 Å². The predicted octanol–water partition coefficient (Wildman–Crippen LogP) is 2.81. The van der Waals surface area contributed by atoms with Crippen molar-refractivity contribution >= 4 is 34.4 Å². The summed E-state index contributed by atoms with van der Waals surface area (Å²) in [6.45, 7) is 2.31. The quantitative estimate of drug-likeness (QED) is 0.693. The van der Waals surface area contributed by atoms with Crippen molar-refractivity contribution in [3.8, 4) is 0 Å². The molecule has 0 atom stereocenters. The maximum atomic E-state index is 10.6. The molecular weight excluding hydrogens is 312 g/mol. The smallest absolute Gasteiger partial charge is 0.134 e. The van der Waals surface area contributed by atoms with Crippen LogP contribution in [0.4, 0.5) is 0 Å². The van der Waals surface area contributed by atoms with Crippen LogP contribution in [0.25, 0.3) is 16.8 Å². The van der Waals surface area contributed by atoms with Gasteiger partial charge in [-0.2, -0.15) is 5.10 Å². The number of rotatable bonds is 4. The number of aliphatic carboxylic acids is 1. The summed E-state index contributed by atoms with van der Waals surface area (Å²) in [4.78, 5) is 10.6. The molecule has 2 aromatic carbocycles. The van der Waals surface area contributed by atoms with E-state index >= 15 is 0 Å². The van der Waals surface area contributed by atoms with Gasteiger partial charge in [-0.05, 0) is 35.4 Å². The minimum atomic E-state index is -1.26. The third kappa shape index (κ3) is 3.12. The summed E-state index contributed by atoms with van der Waals surface area (Å²) >= 11 is 6.35. The van der Waals surface area contributed by atoms with Crippen LogP contribution in [0.3, 0.4) is 0 Å². The fraction of sp³-hybridized carbons (Fsp3) is 0.111. The molecule has 0 bridgehead atoms. The van der Waals surface area contributed by atoms with Gasteiger partial charge in [0.2, 0.25) is 0 Å². The fourth-order valence-corrected chi connectivity index (χ4v) is 2.90. The van der Waals surface area contributed by atoms with Gasteiger partial charge in [0.25, 0.3) is 0 Å². The molecule has 4 nitrogen and oxygen atoms in total. The lowest BCUT2D eigenvalue weighted by Gasteiger charge is -2.08. The van der Waals surface area contributed by atoms with E-state index in [4.69, 9.17) is 11.6 Å². The monoisotopic (exact) mass is 325 g/mol. The summed E-state index contributed by atoms with van der Waals surface area (Å²) in [6.07, 6.45) is 2.37. The Morgan fingerprint density at radius 1 is 1.26 bits per heavy atom. The maximum Gasteiger partial charge on any atom is 0.134 e. The highest BCUT2D eigenvalue weighted by Gasteiger charge is 2.12. The molecule has 0 aliphatic carbocycles. The van der Waals surface area contributed by atoms with Crippen molar-refractivity contribution in [2.24, 2.45) is 0 Å². The van der Waals surface area contributed by atoms with Crippen molar-refractivity contribution in [2.45, 2.75) is 13.5 Å². The molecule has 0 unspecified atom stereocenters. The number of hydrogen-bond donors (Lipinski definition) is 0. The molecule has 5 heteroatoms. The fourth-order valence-electron chi connectivity index (χ4n) is 2.60. The Morgan fingerprint density at radius 3 is 2.78 bits per heavy atom. The molecular formula is C18H14ClN2O2-. The predicted molar refractivity (Wildman–Crippen MR) is 89.1 cm³/mol. The molecule has 1 heterocycles. The second-order valence-corrected chi connectivity index (χ2v) is 5.60. The van der Waals surface area contributed by atoms with Crippen LogP contribution < -0.4 is 5.11 Å². The summed E-state index contributed by atoms with van der Waals surface area (Å²) in [5.74, 6) is -1.26. The number of aromatic nitrogens is 2. The number of benzene rings is 2. The number of carbonyl (C=O) groups excluding carboxylic acids is 1. The van der Waals surface area contributed by atoms with E-state index in [0.29, 0.717) is 23.0 Å². The minimum Gasteiger partial charge on any atom is -0.545 e. The van der Waals surface area contributed by atoms with E-state index in [-0.39, 0.29) is 0 Å². The maximum absolute atomic E-state index is 10.6. The molecule has 23 heavy (non-hydrogen) atoms. The van der Waals surface area contributed by atoms with E-state index < -0.39 is 5.97 Å². The van der Waals surface area contributed by atoms with Gasteiger partial charge in [-0.25, -0.2) is 4.68 Å². The first-order valence-corrected chi connectivity index (χ1v) is 7.52. The second kappa shape index (κ2) is 6.26. The highest BCUT2D eigenvalue weighted by Crippen LogP contribution is 2.25. The number of halogens is 1.